The molecule has 0 amide bonds. The van der Waals surface area contributed by atoms with Gasteiger partial charge in [0.25, 0.3) is 0 Å². The largest absolute Gasteiger partial charge is 0.377 e. The molecule has 2 saturated heterocycles. The monoisotopic (exact) mass is 279 g/mol. The van der Waals surface area contributed by atoms with E-state index in [-0.39, 0.29) is 11.7 Å². The van der Waals surface area contributed by atoms with E-state index in [4.69, 9.17) is 9.47 Å². The Labute approximate surface area is 120 Å². The van der Waals surface area contributed by atoms with Crippen molar-refractivity contribution in [2.75, 3.05) is 26.8 Å². The Morgan fingerprint density at radius 2 is 2.25 bits per heavy atom. The maximum absolute atomic E-state index is 6.05. The van der Waals surface area contributed by atoms with Crippen LogP contribution in [0.5, 0.6) is 0 Å². The molecule has 2 atom stereocenters. The number of hydrogen-bond acceptors (Lipinski definition) is 4. The molecule has 2 fully saturated rings. The van der Waals surface area contributed by atoms with E-state index in [1.165, 1.54) is 11.3 Å². The summed E-state index contributed by atoms with van der Waals surface area (Å²) >= 11 is 0. The SMILES string of the molecule is CO[C@H]1CN(Cc2c(C)nn(C)c2C)C[C@@]12CCCO2. The van der Waals surface area contributed by atoms with Crippen LogP contribution in [0, 0.1) is 13.8 Å². The molecule has 0 bridgehead atoms. The minimum atomic E-state index is -0.0707. The average Bonchev–Trinajstić information content (AvgIpc) is 3.08. The zero-order valence-corrected chi connectivity index (χ0v) is 13.0. The van der Waals surface area contributed by atoms with Crippen molar-refractivity contribution in [3.8, 4) is 0 Å². The molecule has 0 unspecified atom stereocenters. The van der Waals surface area contributed by atoms with Gasteiger partial charge in [-0.2, -0.15) is 5.10 Å². The predicted octanol–water partition coefficient (Wildman–Crippen LogP) is 1.42. The van der Waals surface area contributed by atoms with Crippen molar-refractivity contribution in [3.63, 3.8) is 0 Å². The summed E-state index contributed by atoms with van der Waals surface area (Å²) in [5, 5.41) is 4.51. The zero-order chi connectivity index (χ0) is 14.3. The molecule has 5 nitrogen and oxygen atoms in total. The van der Waals surface area contributed by atoms with E-state index < -0.39 is 0 Å². The smallest absolute Gasteiger partial charge is 0.108 e. The van der Waals surface area contributed by atoms with Crippen LogP contribution in [0.25, 0.3) is 0 Å². The van der Waals surface area contributed by atoms with Crippen molar-refractivity contribution >= 4 is 0 Å². The fourth-order valence-electron chi connectivity index (χ4n) is 3.72. The molecular weight excluding hydrogens is 254 g/mol. The molecule has 3 rings (SSSR count). The number of rotatable bonds is 3. The van der Waals surface area contributed by atoms with Crippen molar-refractivity contribution < 1.29 is 9.47 Å². The van der Waals surface area contributed by atoms with Crippen LogP contribution >= 0.6 is 0 Å². The molecule has 112 valence electrons. The summed E-state index contributed by atoms with van der Waals surface area (Å²) in [7, 11) is 3.81. The topological polar surface area (TPSA) is 39.5 Å². The van der Waals surface area contributed by atoms with Crippen LogP contribution in [-0.2, 0) is 23.1 Å². The first kappa shape index (κ1) is 14.0. The van der Waals surface area contributed by atoms with Gasteiger partial charge in [0, 0.05) is 51.7 Å². The highest BCUT2D eigenvalue weighted by Crippen LogP contribution is 2.37. The second kappa shape index (κ2) is 5.13. The molecule has 20 heavy (non-hydrogen) atoms. The number of ether oxygens (including phenoxy) is 2. The van der Waals surface area contributed by atoms with Crippen LogP contribution in [0.1, 0.15) is 29.8 Å². The summed E-state index contributed by atoms with van der Waals surface area (Å²) in [5.41, 5.74) is 3.66. The van der Waals surface area contributed by atoms with E-state index in [1.807, 2.05) is 11.7 Å². The molecule has 1 aromatic heterocycles. The fraction of sp³-hybridized carbons (Fsp3) is 0.800. The highest BCUT2D eigenvalue weighted by Gasteiger charge is 2.50. The van der Waals surface area contributed by atoms with Crippen molar-refractivity contribution in [2.24, 2.45) is 7.05 Å². The van der Waals surface area contributed by atoms with Gasteiger partial charge < -0.3 is 9.47 Å². The van der Waals surface area contributed by atoms with Gasteiger partial charge in [-0.25, -0.2) is 0 Å². The minimum absolute atomic E-state index is 0.0707. The summed E-state index contributed by atoms with van der Waals surface area (Å²) in [5.74, 6) is 0. The van der Waals surface area contributed by atoms with Crippen molar-refractivity contribution in [1.82, 2.24) is 14.7 Å². The van der Waals surface area contributed by atoms with E-state index in [0.29, 0.717) is 0 Å². The van der Waals surface area contributed by atoms with Crippen LogP contribution in [0.3, 0.4) is 0 Å². The third-order valence-electron chi connectivity index (χ3n) is 4.96. The third-order valence-corrected chi connectivity index (χ3v) is 4.96. The van der Waals surface area contributed by atoms with Crippen LogP contribution in [0.15, 0.2) is 0 Å². The number of aromatic nitrogens is 2. The van der Waals surface area contributed by atoms with Crippen LogP contribution in [0.4, 0.5) is 0 Å². The van der Waals surface area contributed by atoms with Crippen molar-refractivity contribution in [3.05, 3.63) is 17.0 Å². The van der Waals surface area contributed by atoms with Crippen molar-refractivity contribution in [2.45, 2.75) is 44.9 Å². The lowest BCUT2D eigenvalue weighted by Gasteiger charge is -2.28. The second-order valence-corrected chi connectivity index (χ2v) is 6.18. The summed E-state index contributed by atoms with van der Waals surface area (Å²) in [6, 6.07) is 0. The molecule has 0 aromatic carbocycles. The molecule has 1 aromatic rings. The average molecular weight is 279 g/mol. The Morgan fingerprint density at radius 3 is 2.80 bits per heavy atom. The van der Waals surface area contributed by atoms with Gasteiger partial charge in [0.1, 0.15) is 5.60 Å². The lowest BCUT2D eigenvalue weighted by atomic mass is 9.96. The first-order valence-electron chi connectivity index (χ1n) is 7.44. The molecule has 5 heteroatoms. The van der Waals surface area contributed by atoms with Gasteiger partial charge in [0.2, 0.25) is 0 Å². The standard InChI is InChI=1S/C15H25N3O2/c1-11-13(12(2)17(3)16-11)8-18-9-14(19-4)15(10-18)6-5-7-20-15/h14H,5-10H2,1-4H3/t14-,15-/m0/s1. The van der Waals surface area contributed by atoms with E-state index >= 15 is 0 Å². The Hall–Kier alpha value is -0.910. The van der Waals surface area contributed by atoms with Gasteiger partial charge in [0.15, 0.2) is 0 Å². The number of methoxy groups -OCH3 is 1. The molecular formula is C15H25N3O2. The molecule has 0 radical (unpaired) electrons. The van der Waals surface area contributed by atoms with E-state index in [2.05, 4.69) is 23.8 Å². The second-order valence-electron chi connectivity index (χ2n) is 6.18. The minimum Gasteiger partial charge on any atom is -0.377 e. The third kappa shape index (κ3) is 2.18. The Bertz CT molecular complexity index is 492. The lowest BCUT2D eigenvalue weighted by molar-refractivity contribution is -0.0756. The Morgan fingerprint density at radius 1 is 1.45 bits per heavy atom. The van der Waals surface area contributed by atoms with E-state index in [0.717, 1.165) is 44.8 Å². The van der Waals surface area contributed by atoms with Crippen LogP contribution in [-0.4, -0.2) is 53.2 Å². The number of hydrogen-bond donors (Lipinski definition) is 0. The summed E-state index contributed by atoms with van der Waals surface area (Å²) in [4.78, 5) is 2.45. The maximum atomic E-state index is 6.05. The van der Waals surface area contributed by atoms with Crippen molar-refractivity contribution in [1.29, 1.82) is 0 Å². The van der Waals surface area contributed by atoms with Crippen LogP contribution in [0.2, 0.25) is 0 Å². The quantitative estimate of drug-likeness (QED) is 0.839. The Balaban J connectivity index is 1.76. The summed E-state index contributed by atoms with van der Waals surface area (Å²) in [6.07, 6.45) is 2.47. The lowest BCUT2D eigenvalue weighted by Crippen LogP contribution is -2.41. The number of nitrogens with zero attached hydrogens (tertiary/aromatic N) is 3. The molecule has 2 aliphatic rings. The van der Waals surface area contributed by atoms with Gasteiger partial charge in [-0.05, 0) is 26.7 Å². The van der Waals surface area contributed by atoms with Gasteiger partial charge >= 0.3 is 0 Å². The molecule has 0 N–H and O–H groups in total. The molecule has 0 aliphatic carbocycles. The molecule has 1 spiro atoms. The van der Waals surface area contributed by atoms with Gasteiger partial charge in [-0.3, -0.25) is 9.58 Å². The molecule has 3 heterocycles. The summed E-state index contributed by atoms with van der Waals surface area (Å²) in [6.45, 7) is 7.97. The van der Waals surface area contributed by atoms with E-state index in [1.54, 1.807) is 7.11 Å². The van der Waals surface area contributed by atoms with Gasteiger partial charge in [-0.1, -0.05) is 0 Å². The first-order valence-corrected chi connectivity index (χ1v) is 7.44. The van der Waals surface area contributed by atoms with Gasteiger partial charge in [0.05, 0.1) is 11.8 Å². The normalized spacial score (nSPS) is 30.7. The highest BCUT2D eigenvalue weighted by atomic mass is 16.6. The van der Waals surface area contributed by atoms with E-state index in [9.17, 15) is 0 Å². The first-order chi connectivity index (χ1) is 9.55. The zero-order valence-electron chi connectivity index (χ0n) is 13.0. The maximum Gasteiger partial charge on any atom is 0.108 e. The summed E-state index contributed by atoms with van der Waals surface area (Å²) < 4.78 is 13.7. The molecule has 0 saturated carbocycles. The number of likely N-dealkylation sites (tertiary alicyclic amines) is 1. The highest BCUT2D eigenvalue weighted by molar-refractivity contribution is 5.24. The number of aryl methyl sites for hydroxylation is 2. The predicted molar refractivity (Wildman–Crippen MR) is 76.7 cm³/mol. The fourth-order valence-corrected chi connectivity index (χ4v) is 3.72. The molecule has 2 aliphatic heterocycles. The Kier molecular flexibility index (Phi) is 3.60. The van der Waals surface area contributed by atoms with Crippen LogP contribution < -0.4 is 0 Å². The van der Waals surface area contributed by atoms with Gasteiger partial charge in [-0.15, -0.1) is 0 Å².